The number of pyridine rings is 1. The fraction of sp³-hybridized carbons (Fsp3) is 0.368. The van der Waals surface area contributed by atoms with Crippen molar-refractivity contribution in [2.75, 3.05) is 13.2 Å². The molecule has 1 unspecified atom stereocenters. The number of rotatable bonds is 3. The van der Waals surface area contributed by atoms with Crippen LogP contribution in [0.15, 0.2) is 42.6 Å². The molecule has 1 fully saturated rings. The summed E-state index contributed by atoms with van der Waals surface area (Å²) < 4.78 is 7.87. The minimum atomic E-state index is 0.545. The van der Waals surface area contributed by atoms with Gasteiger partial charge in [-0.25, -0.2) is 9.97 Å². The van der Waals surface area contributed by atoms with E-state index in [-0.39, 0.29) is 0 Å². The summed E-state index contributed by atoms with van der Waals surface area (Å²) >= 11 is 0. The quantitative estimate of drug-likeness (QED) is 0.741. The molecule has 1 aliphatic heterocycles. The molecule has 4 nitrogen and oxygen atoms in total. The first-order chi connectivity index (χ1) is 11.3. The van der Waals surface area contributed by atoms with Gasteiger partial charge in [0.1, 0.15) is 11.3 Å². The van der Waals surface area contributed by atoms with Crippen molar-refractivity contribution in [2.45, 2.75) is 26.2 Å². The number of nitrogens with zero attached hydrogens (tertiary/aromatic N) is 3. The van der Waals surface area contributed by atoms with Crippen LogP contribution >= 0.6 is 0 Å². The highest BCUT2D eigenvalue weighted by Crippen LogP contribution is 2.26. The first-order valence-electron chi connectivity index (χ1n) is 8.29. The second-order valence-electron chi connectivity index (χ2n) is 6.28. The Morgan fingerprint density at radius 2 is 2.13 bits per heavy atom. The Balaban J connectivity index is 1.83. The van der Waals surface area contributed by atoms with E-state index in [1.54, 1.807) is 0 Å². The molecule has 1 atom stereocenters. The van der Waals surface area contributed by atoms with E-state index in [9.17, 15) is 0 Å². The maximum atomic E-state index is 5.65. The molecule has 0 saturated carbocycles. The van der Waals surface area contributed by atoms with Crippen molar-refractivity contribution in [1.29, 1.82) is 0 Å². The lowest BCUT2D eigenvalue weighted by Gasteiger charge is -2.22. The summed E-state index contributed by atoms with van der Waals surface area (Å²) in [5, 5.41) is 0. The zero-order valence-corrected chi connectivity index (χ0v) is 13.4. The van der Waals surface area contributed by atoms with Gasteiger partial charge in [0, 0.05) is 25.8 Å². The maximum Gasteiger partial charge on any atom is 0.164 e. The molecule has 0 bridgehead atoms. The van der Waals surface area contributed by atoms with Crippen LogP contribution in [0.4, 0.5) is 0 Å². The summed E-state index contributed by atoms with van der Waals surface area (Å²) in [6.45, 7) is 3.87. The largest absolute Gasteiger partial charge is 0.381 e. The number of ether oxygens (including phenoxy) is 1. The summed E-state index contributed by atoms with van der Waals surface area (Å²) in [4.78, 5) is 9.45. The molecular formula is C19H21N3O. The highest BCUT2D eigenvalue weighted by Gasteiger charge is 2.20. The molecule has 0 N–H and O–H groups in total. The van der Waals surface area contributed by atoms with Gasteiger partial charge >= 0.3 is 0 Å². The zero-order valence-electron chi connectivity index (χ0n) is 13.4. The lowest BCUT2D eigenvalue weighted by Crippen LogP contribution is -2.21. The van der Waals surface area contributed by atoms with E-state index in [4.69, 9.17) is 9.72 Å². The van der Waals surface area contributed by atoms with Gasteiger partial charge in [0.05, 0.1) is 5.69 Å². The smallest absolute Gasteiger partial charge is 0.164 e. The summed E-state index contributed by atoms with van der Waals surface area (Å²) in [5.74, 6) is 1.63. The van der Waals surface area contributed by atoms with Gasteiger partial charge in [-0.15, -0.1) is 0 Å². The van der Waals surface area contributed by atoms with E-state index in [1.807, 2.05) is 18.3 Å². The fourth-order valence-corrected chi connectivity index (χ4v) is 3.39. The van der Waals surface area contributed by atoms with Crippen LogP contribution in [-0.2, 0) is 11.2 Å². The van der Waals surface area contributed by atoms with E-state index in [0.29, 0.717) is 5.92 Å². The Bertz CT molecular complexity index is 818. The molecule has 0 aliphatic carbocycles. The average Bonchev–Trinajstić information content (AvgIpc) is 2.94. The summed E-state index contributed by atoms with van der Waals surface area (Å²) in [5.41, 5.74) is 4.30. The number of imidazole rings is 1. The molecule has 3 heterocycles. The van der Waals surface area contributed by atoms with Crippen molar-refractivity contribution in [2.24, 2.45) is 5.92 Å². The molecule has 23 heavy (non-hydrogen) atoms. The van der Waals surface area contributed by atoms with E-state index >= 15 is 0 Å². The van der Waals surface area contributed by atoms with Gasteiger partial charge in [0.2, 0.25) is 0 Å². The van der Waals surface area contributed by atoms with Crippen molar-refractivity contribution < 1.29 is 4.74 Å². The molecule has 1 saturated heterocycles. The van der Waals surface area contributed by atoms with Gasteiger partial charge in [-0.1, -0.05) is 18.2 Å². The Kier molecular flexibility index (Phi) is 3.83. The van der Waals surface area contributed by atoms with Gasteiger partial charge in [0.25, 0.3) is 0 Å². The Labute approximate surface area is 136 Å². The van der Waals surface area contributed by atoms with Crippen LogP contribution in [0.2, 0.25) is 0 Å². The van der Waals surface area contributed by atoms with E-state index < -0.39 is 0 Å². The normalized spacial score (nSPS) is 18.4. The van der Waals surface area contributed by atoms with Crippen molar-refractivity contribution in [3.05, 3.63) is 54.0 Å². The molecule has 4 heteroatoms. The molecule has 2 aromatic heterocycles. The topological polar surface area (TPSA) is 39.9 Å². The standard InChI is InChI=1S/C19H21N3O/c1-14-6-2-3-9-17(14)22-18(12-15-7-5-11-23-13-15)21-16-8-4-10-20-19(16)22/h2-4,6,8-10,15H,5,7,11-13H2,1H3. The first-order valence-corrected chi connectivity index (χ1v) is 8.29. The molecule has 118 valence electrons. The second kappa shape index (κ2) is 6.13. The highest BCUT2D eigenvalue weighted by atomic mass is 16.5. The molecule has 3 aromatic rings. The van der Waals surface area contributed by atoms with Gasteiger partial charge in [0.15, 0.2) is 5.65 Å². The Morgan fingerprint density at radius 1 is 1.22 bits per heavy atom. The van der Waals surface area contributed by atoms with E-state index in [2.05, 4.69) is 40.7 Å². The predicted octanol–water partition coefficient (Wildman–Crippen LogP) is 3.70. The van der Waals surface area contributed by atoms with Crippen molar-refractivity contribution in [1.82, 2.24) is 14.5 Å². The van der Waals surface area contributed by atoms with Gasteiger partial charge in [-0.2, -0.15) is 0 Å². The van der Waals surface area contributed by atoms with Gasteiger partial charge in [-0.05, 0) is 49.4 Å². The molecule has 4 rings (SSSR count). The van der Waals surface area contributed by atoms with Crippen molar-refractivity contribution in [3.63, 3.8) is 0 Å². The van der Waals surface area contributed by atoms with Crippen LogP contribution in [-0.4, -0.2) is 27.7 Å². The average molecular weight is 307 g/mol. The van der Waals surface area contributed by atoms with Gasteiger partial charge < -0.3 is 4.74 Å². The van der Waals surface area contributed by atoms with Crippen LogP contribution in [0.1, 0.15) is 24.2 Å². The molecular weight excluding hydrogens is 286 g/mol. The number of hydrogen-bond acceptors (Lipinski definition) is 3. The number of aryl methyl sites for hydroxylation is 1. The third-order valence-electron chi connectivity index (χ3n) is 4.57. The Hall–Kier alpha value is -2.20. The van der Waals surface area contributed by atoms with Crippen LogP contribution in [0.5, 0.6) is 0 Å². The van der Waals surface area contributed by atoms with Crippen molar-refractivity contribution >= 4 is 11.2 Å². The van der Waals surface area contributed by atoms with Crippen LogP contribution in [0.3, 0.4) is 0 Å². The van der Waals surface area contributed by atoms with Crippen molar-refractivity contribution in [3.8, 4) is 5.69 Å². The second-order valence-corrected chi connectivity index (χ2v) is 6.28. The van der Waals surface area contributed by atoms with Gasteiger partial charge in [-0.3, -0.25) is 4.57 Å². The predicted molar refractivity (Wildman–Crippen MR) is 90.8 cm³/mol. The first kappa shape index (κ1) is 14.4. The number of hydrogen-bond donors (Lipinski definition) is 0. The Morgan fingerprint density at radius 3 is 2.96 bits per heavy atom. The fourth-order valence-electron chi connectivity index (χ4n) is 3.39. The van der Waals surface area contributed by atoms with Crippen LogP contribution < -0.4 is 0 Å². The molecule has 0 amide bonds. The number of benzene rings is 1. The molecule has 0 radical (unpaired) electrons. The third-order valence-corrected chi connectivity index (χ3v) is 4.57. The number of para-hydroxylation sites is 1. The van der Waals surface area contributed by atoms with Crippen LogP contribution in [0, 0.1) is 12.8 Å². The molecule has 0 spiro atoms. The van der Waals surface area contributed by atoms with Crippen LogP contribution in [0.25, 0.3) is 16.9 Å². The summed E-state index contributed by atoms with van der Waals surface area (Å²) in [6, 6.07) is 12.4. The molecule has 1 aromatic carbocycles. The third kappa shape index (κ3) is 2.75. The number of aromatic nitrogens is 3. The SMILES string of the molecule is Cc1ccccc1-n1c(CC2CCCOC2)nc2cccnc21. The monoisotopic (exact) mass is 307 g/mol. The zero-order chi connectivity index (χ0) is 15.6. The summed E-state index contributed by atoms with van der Waals surface area (Å²) in [6.07, 6.45) is 5.13. The van der Waals surface area contributed by atoms with E-state index in [1.165, 1.54) is 17.7 Å². The lowest BCUT2D eigenvalue weighted by atomic mass is 9.98. The molecule has 1 aliphatic rings. The number of fused-ring (bicyclic) bond motifs is 1. The minimum absolute atomic E-state index is 0.545. The minimum Gasteiger partial charge on any atom is -0.381 e. The van der Waals surface area contributed by atoms with E-state index in [0.717, 1.165) is 43.0 Å². The lowest BCUT2D eigenvalue weighted by molar-refractivity contribution is 0.0542. The maximum absolute atomic E-state index is 5.65. The highest BCUT2D eigenvalue weighted by molar-refractivity contribution is 5.74. The summed E-state index contributed by atoms with van der Waals surface area (Å²) in [7, 11) is 0.